The second kappa shape index (κ2) is 9.47. The van der Waals surface area contributed by atoms with Crippen molar-refractivity contribution < 1.29 is 14.4 Å². The van der Waals surface area contributed by atoms with E-state index in [1.54, 1.807) is 22.1 Å². The number of likely N-dealkylation sites (tertiary alicyclic amines) is 1. The number of nitrogens with zero attached hydrogens (tertiary/aromatic N) is 4. The zero-order chi connectivity index (χ0) is 21.8. The van der Waals surface area contributed by atoms with Gasteiger partial charge in [-0.2, -0.15) is 0 Å². The van der Waals surface area contributed by atoms with E-state index in [9.17, 15) is 14.4 Å². The molecule has 1 aromatic heterocycles. The van der Waals surface area contributed by atoms with Gasteiger partial charge >= 0.3 is 0 Å². The molecule has 2 fully saturated rings. The van der Waals surface area contributed by atoms with E-state index in [-0.39, 0.29) is 23.6 Å². The van der Waals surface area contributed by atoms with Crippen LogP contribution in [0.5, 0.6) is 0 Å². The molecule has 9 heteroatoms. The number of carbonyl (C=O) groups is 3. The summed E-state index contributed by atoms with van der Waals surface area (Å²) in [5.74, 6) is -0.185. The summed E-state index contributed by atoms with van der Waals surface area (Å²) < 4.78 is 0. The summed E-state index contributed by atoms with van der Waals surface area (Å²) in [6.07, 6.45) is 1.59. The molecule has 0 bridgehead atoms. The molecule has 0 radical (unpaired) electrons. The van der Waals surface area contributed by atoms with Crippen molar-refractivity contribution >= 4 is 39.9 Å². The first-order valence-corrected chi connectivity index (χ1v) is 11.5. The summed E-state index contributed by atoms with van der Waals surface area (Å²) >= 11 is 1.39. The Kier molecular flexibility index (Phi) is 6.50. The Morgan fingerprint density at radius 2 is 1.71 bits per heavy atom. The molecule has 2 aromatic rings. The Hall–Kier alpha value is -2.94. The predicted octanol–water partition coefficient (Wildman–Crippen LogP) is 2.43. The van der Waals surface area contributed by atoms with Gasteiger partial charge in [0.25, 0.3) is 5.91 Å². The maximum atomic E-state index is 13.0. The van der Waals surface area contributed by atoms with Gasteiger partial charge in [-0.3, -0.25) is 14.4 Å². The van der Waals surface area contributed by atoms with Crippen LogP contribution in [0.3, 0.4) is 0 Å². The van der Waals surface area contributed by atoms with Gasteiger partial charge in [0.05, 0.1) is 5.92 Å². The fourth-order valence-corrected chi connectivity index (χ4v) is 4.80. The maximum absolute atomic E-state index is 13.0. The van der Waals surface area contributed by atoms with Crippen molar-refractivity contribution in [2.45, 2.75) is 19.8 Å². The average Bonchev–Trinajstić information content (AvgIpc) is 3.27. The van der Waals surface area contributed by atoms with Crippen LogP contribution in [0.2, 0.25) is 0 Å². The molecule has 3 heterocycles. The van der Waals surface area contributed by atoms with E-state index >= 15 is 0 Å². The highest BCUT2D eigenvalue weighted by atomic mass is 32.1. The summed E-state index contributed by atoms with van der Waals surface area (Å²) in [5, 5.41) is 5.64. The number of carbonyl (C=O) groups excluding carboxylic acids is 3. The monoisotopic (exact) mass is 441 g/mol. The molecule has 2 aliphatic heterocycles. The number of rotatable bonds is 4. The molecule has 0 spiro atoms. The second-order valence-corrected chi connectivity index (χ2v) is 8.81. The number of nitrogens with one attached hydrogen (secondary N) is 1. The Morgan fingerprint density at radius 1 is 1.00 bits per heavy atom. The number of piperazine rings is 1. The van der Waals surface area contributed by atoms with E-state index in [0.717, 1.165) is 18.5 Å². The van der Waals surface area contributed by atoms with Crippen LogP contribution in [0.25, 0.3) is 0 Å². The van der Waals surface area contributed by atoms with Crippen LogP contribution in [0.4, 0.5) is 10.8 Å². The smallest absolute Gasteiger partial charge is 0.273 e. The third-order valence-corrected chi connectivity index (χ3v) is 6.60. The Balaban J connectivity index is 1.34. The fraction of sp³-hybridized carbons (Fsp3) is 0.455. The molecule has 4 rings (SSSR count). The van der Waals surface area contributed by atoms with Gasteiger partial charge in [-0.25, -0.2) is 4.98 Å². The normalized spacial score (nSPS) is 19.3. The van der Waals surface area contributed by atoms with Crippen LogP contribution in [0, 0.1) is 5.92 Å². The van der Waals surface area contributed by atoms with Crippen LogP contribution in [-0.4, -0.2) is 76.7 Å². The van der Waals surface area contributed by atoms with Gasteiger partial charge in [0, 0.05) is 57.3 Å². The zero-order valence-corrected chi connectivity index (χ0v) is 18.4. The van der Waals surface area contributed by atoms with Gasteiger partial charge in [0.1, 0.15) is 5.69 Å². The lowest BCUT2D eigenvalue weighted by Gasteiger charge is -2.38. The maximum Gasteiger partial charge on any atom is 0.273 e. The number of thiazole rings is 1. The van der Waals surface area contributed by atoms with Gasteiger partial charge in [-0.05, 0) is 25.0 Å². The molecular formula is C22H27N5O3S. The van der Waals surface area contributed by atoms with Crippen molar-refractivity contribution in [1.29, 1.82) is 0 Å². The van der Waals surface area contributed by atoms with Gasteiger partial charge in [-0.15, -0.1) is 11.3 Å². The largest absolute Gasteiger partial charge is 0.339 e. The average molecular weight is 442 g/mol. The molecule has 31 heavy (non-hydrogen) atoms. The number of aromatic nitrogens is 1. The lowest BCUT2D eigenvalue weighted by atomic mass is 9.96. The molecule has 1 N–H and O–H groups in total. The van der Waals surface area contributed by atoms with E-state index in [1.807, 2.05) is 35.2 Å². The van der Waals surface area contributed by atoms with E-state index in [0.29, 0.717) is 50.1 Å². The fourth-order valence-electron chi connectivity index (χ4n) is 4.10. The minimum Gasteiger partial charge on any atom is -0.339 e. The highest BCUT2D eigenvalue weighted by molar-refractivity contribution is 7.14. The highest BCUT2D eigenvalue weighted by Gasteiger charge is 2.33. The van der Waals surface area contributed by atoms with Crippen LogP contribution in [0.1, 0.15) is 30.3 Å². The molecule has 3 amide bonds. The van der Waals surface area contributed by atoms with Gasteiger partial charge in [-0.1, -0.05) is 18.2 Å². The lowest BCUT2D eigenvalue weighted by molar-refractivity contribution is -0.142. The number of hydrogen-bond donors (Lipinski definition) is 1. The Morgan fingerprint density at radius 3 is 2.42 bits per heavy atom. The van der Waals surface area contributed by atoms with Crippen LogP contribution in [0.15, 0.2) is 35.7 Å². The SMILES string of the molecule is CC(=O)N1CCN(C(=O)[C@H]2CCCN(C(=O)c3csc(Nc4ccccc4)n3)C2)CC1. The second-order valence-electron chi connectivity index (χ2n) is 7.95. The molecule has 0 saturated carbocycles. The minimum absolute atomic E-state index is 0.0472. The first-order chi connectivity index (χ1) is 15.0. The summed E-state index contributed by atoms with van der Waals surface area (Å²) in [6.45, 7) is 4.89. The summed E-state index contributed by atoms with van der Waals surface area (Å²) in [5.41, 5.74) is 1.33. The Bertz CT molecular complexity index is 940. The van der Waals surface area contributed by atoms with Gasteiger partial charge < -0.3 is 20.0 Å². The number of piperidine rings is 1. The summed E-state index contributed by atoms with van der Waals surface area (Å²) in [6, 6.07) is 9.71. The standard InChI is InChI=1S/C22H27N5O3S/c1-16(28)25-10-12-26(13-11-25)20(29)17-6-5-9-27(14-17)21(30)19-15-31-22(24-19)23-18-7-3-2-4-8-18/h2-4,7-8,15,17H,5-6,9-14H2,1H3,(H,23,24)/t17-/m0/s1. The third kappa shape index (κ3) is 5.04. The molecule has 1 atom stereocenters. The molecule has 0 aliphatic carbocycles. The molecule has 2 saturated heterocycles. The van der Waals surface area contributed by atoms with E-state index < -0.39 is 0 Å². The van der Waals surface area contributed by atoms with Crippen LogP contribution in [-0.2, 0) is 9.59 Å². The lowest BCUT2D eigenvalue weighted by Crippen LogP contribution is -2.53. The van der Waals surface area contributed by atoms with Gasteiger partial charge in [0.2, 0.25) is 11.8 Å². The van der Waals surface area contributed by atoms with E-state index in [1.165, 1.54) is 11.3 Å². The molecule has 8 nitrogen and oxygen atoms in total. The topological polar surface area (TPSA) is 85.9 Å². The molecule has 1 aromatic carbocycles. The first kappa shape index (κ1) is 21.3. The Labute approximate surface area is 185 Å². The molecule has 164 valence electrons. The quantitative estimate of drug-likeness (QED) is 0.788. The predicted molar refractivity (Wildman–Crippen MR) is 119 cm³/mol. The van der Waals surface area contributed by atoms with Crippen molar-refractivity contribution in [3.63, 3.8) is 0 Å². The van der Waals surface area contributed by atoms with Crippen molar-refractivity contribution in [1.82, 2.24) is 19.7 Å². The van der Waals surface area contributed by atoms with Crippen molar-refractivity contribution in [2.24, 2.45) is 5.92 Å². The number of benzene rings is 1. The third-order valence-electron chi connectivity index (χ3n) is 5.84. The van der Waals surface area contributed by atoms with E-state index in [4.69, 9.17) is 0 Å². The number of para-hydroxylation sites is 1. The first-order valence-electron chi connectivity index (χ1n) is 10.6. The van der Waals surface area contributed by atoms with Crippen molar-refractivity contribution in [3.05, 3.63) is 41.4 Å². The highest BCUT2D eigenvalue weighted by Crippen LogP contribution is 2.24. The number of anilines is 2. The molecule has 2 aliphatic rings. The number of amides is 3. The van der Waals surface area contributed by atoms with Crippen LogP contribution >= 0.6 is 11.3 Å². The van der Waals surface area contributed by atoms with Crippen molar-refractivity contribution in [2.75, 3.05) is 44.6 Å². The van der Waals surface area contributed by atoms with Crippen molar-refractivity contribution in [3.8, 4) is 0 Å². The molecule has 0 unspecified atom stereocenters. The summed E-state index contributed by atoms with van der Waals surface area (Å²) in [7, 11) is 0. The minimum atomic E-state index is -0.192. The number of hydrogen-bond acceptors (Lipinski definition) is 6. The molecular weight excluding hydrogens is 414 g/mol. The van der Waals surface area contributed by atoms with Crippen LogP contribution < -0.4 is 5.32 Å². The van der Waals surface area contributed by atoms with E-state index in [2.05, 4.69) is 10.3 Å². The summed E-state index contributed by atoms with van der Waals surface area (Å²) in [4.78, 5) is 47.3. The van der Waals surface area contributed by atoms with Gasteiger partial charge in [0.15, 0.2) is 5.13 Å². The zero-order valence-electron chi connectivity index (χ0n) is 17.6.